The molecule has 0 bridgehead atoms. The summed E-state index contributed by atoms with van der Waals surface area (Å²) in [7, 11) is 0. The normalized spacial score (nSPS) is 16.5. The topological polar surface area (TPSA) is 62.3 Å². The number of fused-ring (bicyclic) bond motifs is 1. The molecule has 1 atom stereocenters. The second-order valence-electron chi connectivity index (χ2n) is 8.58. The van der Waals surface area contributed by atoms with E-state index in [2.05, 4.69) is 28.5 Å². The highest BCUT2D eigenvalue weighted by molar-refractivity contribution is 5.89. The quantitative estimate of drug-likeness (QED) is 0.597. The van der Waals surface area contributed by atoms with Gasteiger partial charge in [-0.15, -0.1) is 0 Å². The van der Waals surface area contributed by atoms with Gasteiger partial charge in [-0.3, -0.25) is 14.6 Å². The highest BCUT2D eigenvalue weighted by Gasteiger charge is 2.43. The van der Waals surface area contributed by atoms with Crippen molar-refractivity contribution in [2.24, 2.45) is 5.92 Å². The van der Waals surface area contributed by atoms with Crippen molar-refractivity contribution in [3.8, 4) is 0 Å². The maximum Gasteiger partial charge on any atom is 0.281 e. The molecule has 2 heterocycles. The maximum absolute atomic E-state index is 15.8. The first-order valence-electron chi connectivity index (χ1n) is 11.1. The fraction of sp³-hybridized carbons (Fsp3) is 0.346. The summed E-state index contributed by atoms with van der Waals surface area (Å²) >= 11 is 0. The Hall–Kier alpha value is -3.28. The lowest BCUT2D eigenvalue weighted by Crippen LogP contribution is -2.59. The van der Waals surface area contributed by atoms with Crippen LogP contribution < -0.4 is 5.32 Å². The molecule has 6 heteroatoms. The van der Waals surface area contributed by atoms with E-state index in [1.165, 1.54) is 12.5 Å². The molecule has 1 fully saturated rings. The summed E-state index contributed by atoms with van der Waals surface area (Å²) in [6.07, 6.45) is 4.08. The molecule has 1 unspecified atom stereocenters. The Morgan fingerprint density at radius 3 is 2.50 bits per heavy atom. The maximum atomic E-state index is 15.8. The number of hydrogen-bond acceptors (Lipinski definition) is 3. The lowest BCUT2D eigenvalue weighted by molar-refractivity contribution is -0.151. The average Bonchev–Trinajstić information content (AvgIpc) is 2.79. The zero-order valence-corrected chi connectivity index (χ0v) is 18.3. The highest BCUT2D eigenvalue weighted by atomic mass is 19.1. The Morgan fingerprint density at radius 2 is 1.78 bits per heavy atom. The lowest BCUT2D eigenvalue weighted by Gasteiger charge is -2.36. The zero-order chi connectivity index (χ0) is 22.6. The number of hydrogen-bond donors (Lipinski definition) is 1. The number of amides is 2. The van der Waals surface area contributed by atoms with Crippen LogP contribution in [0.2, 0.25) is 0 Å². The van der Waals surface area contributed by atoms with Crippen molar-refractivity contribution in [3.63, 3.8) is 0 Å². The summed E-state index contributed by atoms with van der Waals surface area (Å²) < 4.78 is 15.8. The van der Waals surface area contributed by atoms with Crippen molar-refractivity contribution in [2.75, 3.05) is 13.1 Å². The molecule has 1 aliphatic heterocycles. The van der Waals surface area contributed by atoms with Gasteiger partial charge in [0.2, 0.25) is 5.91 Å². The minimum Gasteiger partial charge on any atom is -0.338 e. The molecule has 4 rings (SSSR count). The zero-order valence-electron chi connectivity index (χ0n) is 18.3. The molecule has 1 aromatic heterocycles. The van der Waals surface area contributed by atoms with Crippen LogP contribution in [-0.2, 0) is 22.4 Å². The van der Waals surface area contributed by atoms with Crippen LogP contribution in [0.3, 0.4) is 0 Å². The van der Waals surface area contributed by atoms with E-state index in [0.717, 1.165) is 30.2 Å². The molecule has 5 nitrogen and oxygen atoms in total. The van der Waals surface area contributed by atoms with E-state index < -0.39 is 17.6 Å². The molecule has 2 aromatic carbocycles. The summed E-state index contributed by atoms with van der Waals surface area (Å²) in [5, 5.41) is 3.39. The van der Waals surface area contributed by atoms with Crippen LogP contribution in [-0.4, -0.2) is 40.6 Å². The molecule has 0 spiro atoms. The minimum absolute atomic E-state index is 0.187. The molecular weight excluding hydrogens is 405 g/mol. The third-order valence-corrected chi connectivity index (χ3v) is 6.13. The van der Waals surface area contributed by atoms with Gasteiger partial charge < -0.3 is 10.2 Å². The number of carbonyl (C=O) groups excluding carboxylic acids is 2. The molecule has 0 aliphatic carbocycles. The molecular formula is C26H28FN3O2. The molecule has 0 radical (unpaired) electrons. The van der Waals surface area contributed by atoms with Gasteiger partial charge in [0.25, 0.3) is 11.7 Å². The second-order valence-corrected chi connectivity index (χ2v) is 8.58. The van der Waals surface area contributed by atoms with Gasteiger partial charge >= 0.3 is 0 Å². The Morgan fingerprint density at radius 1 is 1.06 bits per heavy atom. The van der Waals surface area contributed by atoms with Crippen LogP contribution >= 0.6 is 0 Å². The average molecular weight is 434 g/mol. The van der Waals surface area contributed by atoms with Crippen molar-refractivity contribution >= 4 is 22.7 Å². The molecule has 1 aliphatic rings. The van der Waals surface area contributed by atoms with Crippen molar-refractivity contribution in [1.29, 1.82) is 0 Å². The van der Waals surface area contributed by atoms with Crippen LogP contribution in [0.1, 0.15) is 30.9 Å². The largest absolute Gasteiger partial charge is 0.338 e. The van der Waals surface area contributed by atoms with Crippen LogP contribution in [0.15, 0.2) is 66.9 Å². The number of halogens is 1. The second kappa shape index (κ2) is 9.47. The van der Waals surface area contributed by atoms with Crippen LogP contribution in [0.5, 0.6) is 0 Å². The van der Waals surface area contributed by atoms with Gasteiger partial charge in [0.05, 0.1) is 5.52 Å². The molecule has 32 heavy (non-hydrogen) atoms. The number of pyridine rings is 1. The number of aromatic nitrogens is 1. The predicted octanol–water partition coefficient (Wildman–Crippen LogP) is 4.06. The molecule has 166 valence electrons. The van der Waals surface area contributed by atoms with E-state index in [1.807, 2.05) is 24.4 Å². The fourth-order valence-corrected chi connectivity index (χ4v) is 4.56. The van der Waals surface area contributed by atoms with Gasteiger partial charge in [0.1, 0.15) is 0 Å². The monoisotopic (exact) mass is 433 g/mol. The Labute approximate surface area is 187 Å². The predicted molar refractivity (Wildman–Crippen MR) is 123 cm³/mol. The number of alkyl halides is 1. The number of para-hydroxylation sites is 1. The van der Waals surface area contributed by atoms with Gasteiger partial charge in [-0.1, -0.05) is 54.6 Å². The van der Waals surface area contributed by atoms with E-state index in [0.29, 0.717) is 24.6 Å². The smallest absolute Gasteiger partial charge is 0.281 e. The third kappa shape index (κ3) is 4.96. The van der Waals surface area contributed by atoms with Crippen molar-refractivity contribution < 1.29 is 14.0 Å². The number of likely N-dealkylation sites (tertiary alicyclic amines) is 1. The Bertz CT molecular complexity index is 1090. The number of rotatable bonds is 6. The molecule has 2 amide bonds. The summed E-state index contributed by atoms with van der Waals surface area (Å²) in [5.41, 5.74) is 2.88. The van der Waals surface area contributed by atoms with E-state index in [9.17, 15) is 9.59 Å². The van der Waals surface area contributed by atoms with E-state index in [4.69, 9.17) is 0 Å². The Balaban J connectivity index is 1.42. The summed E-state index contributed by atoms with van der Waals surface area (Å²) in [6.45, 7) is 2.18. The van der Waals surface area contributed by atoms with Gasteiger partial charge in [0.15, 0.2) is 0 Å². The number of carbonyl (C=O) groups is 2. The minimum atomic E-state index is -2.44. The first-order chi connectivity index (χ1) is 15.4. The summed E-state index contributed by atoms with van der Waals surface area (Å²) in [4.78, 5) is 30.9. The standard InChI is InChI=1S/C26H28FN3O2/c1-19(31)29-26(27,18-21-7-3-2-4-8-21)25(32)30-15-12-20(13-16-30)17-23-10-5-9-22-11-6-14-28-24(22)23/h2-11,14,20H,12-13,15-18H2,1H3,(H,29,31). The van der Waals surface area contributed by atoms with Gasteiger partial charge in [-0.25, -0.2) is 4.39 Å². The third-order valence-electron chi connectivity index (χ3n) is 6.13. The van der Waals surface area contributed by atoms with E-state index in [1.54, 1.807) is 29.2 Å². The lowest BCUT2D eigenvalue weighted by atomic mass is 9.88. The van der Waals surface area contributed by atoms with Crippen LogP contribution in [0.4, 0.5) is 4.39 Å². The summed E-state index contributed by atoms with van der Waals surface area (Å²) in [6, 6.07) is 19.1. The van der Waals surface area contributed by atoms with E-state index in [-0.39, 0.29) is 6.42 Å². The Kier molecular flexibility index (Phi) is 6.49. The van der Waals surface area contributed by atoms with Crippen molar-refractivity contribution in [2.45, 2.75) is 38.4 Å². The molecule has 1 N–H and O–H groups in total. The summed E-state index contributed by atoms with van der Waals surface area (Å²) in [5.74, 6) is -3.27. The first-order valence-corrected chi connectivity index (χ1v) is 11.1. The van der Waals surface area contributed by atoms with Crippen LogP contribution in [0.25, 0.3) is 10.9 Å². The number of piperidine rings is 1. The van der Waals surface area contributed by atoms with E-state index >= 15 is 4.39 Å². The molecule has 3 aromatic rings. The molecule has 1 saturated heterocycles. The van der Waals surface area contributed by atoms with Crippen molar-refractivity contribution in [1.82, 2.24) is 15.2 Å². The van der Waals surface area contributed by atoms with Gasteiger partial charge in [-0.05, 0) is 42.4 Å². The highest BCUT2D eigenvalue weighted by Crippen LogP contribution is 2.27. The number of nitrogens with one attached hydrogen (secondary N) is 1. The SMILES string of the molecule is CC(=O)NC(F)(Cc1ccccc1)C(=O)N1CCC(Cc2cccc3cccnc23)CC1. The van der Waals surface area contributed by atoms with Gasteiger partial charge in [0, 0.05) is 38.0 Å². The number of nitrogens with zero attached hydrogens (tertiary/aromatic N) is 2. The first kappa shape index (κ1) is 21.9. The molecule has 0 saturated carbocycles. The van der Waals surface area contributed by atoms with Gasteiger partial charge in [-0.2, -0.15) is 0 Å². The number of benzene rings is 2. The van der Waals surface area contributed by atoms with Crippen molar-refractivity contribution in [3.05, 3.63) is 78.0 Å². The fourth-order valence-electron chi connectivity index (χ4n) is 4.56. The van der Waals surface area contributed by atoms with Crippen LogP contribution in [0, 0.1) is 5.92 Å².